The lowest BCUT2D eigenvalue weighted by Gasteiger charge is -2.30. The first-order valence-electron chi connectivity index (χ1n) is 8.64. The lowest BCUT2D eigenvalue weighted by atomic mass is 9.94. The summed E-state index contributed by atoms with van der Waals surface area (Å²) < 4.78 is 7.63. The molecule has 0 aliphatic heterocycles. The van der Waals surface area contributed by atoms with Crippen LogP contribution in [0.4, 0.5) is 0 Å². The highest BCUT2D eigenvalue weighted by atomic mass is 35.5. The molecule has 0 fully saturated rings. The molecular weight excluding hydrogens is 399 g/mol. The first-order valence-corrected chi connectivity index (χ1v) is 9.40. The van der Waals surface area contributed by atoms with Crippen molar-refractivity contribution in [3.05, 3.63) is 88.4 Å². The smallest absolute Gasteiger partial charge is 0.143 e. The van der Waals surface area contributed by atoms with Gasteiger partial charge in [0.25, 0.3) is 0 Å². The van der Waals surface area contributed by atoms with Crippen molar-refractivity contribution in [3.63, 3.8) is 0 Å². The van der Waals surface area contributed by atoms with Crippen LogP contribution in [0.5, 0.6) is 5.75 Å². The van der Waals surface area contributed by atoms with Crippen LogP contribution in [-0.4, -0.2) is 33.0 Å². The summed E-state index contributed by atoms with van der Waals surface area (Å²) in [5, 5.41) is 21.1. The number of benzene rings is 2. The number of imidazole rings is 1. The Morgan fingerprint density at radius 3 is 2.57 bits per heavy atom. The van der Waals surface area contributed by atoms with Crippen LogP contribution in [0.3, 0.4) is 0 Å². The number of rotatable bonds is 8. The summed E-state index contributed by atoms with van der Waals surface area (Å²) in [5.74, 6) is 0.607. The minimum absolute atomic E-state index is 0.0125. The first kappa shape index (κ1) is 20.4. The summed E-state index contributed by atoms with van der Waals surface area (Å²) in [7, 11) is 0. The zero-order valence-corrected chi connectivity index (χ0v) is 16.5. The highest BCUT2D eigenvalue weighted by Gasteiger charge is 2.33. The van der Waals surface area contributed by atoms with E-state index in [1.165, 1.54) is 0 Å². The molecule has 0 saturated heterocycles. The number of aliphatic hydroxyl groups is 2. The van der Waals surface area contributed by atoms with Gasteiger partial charge in [0.1, 0.15) is 18.0 Å². The fourth-order valence-corrected chi connectivity index (χ4v) is 3.41. The Morgan fingerprint density at radius 2 is 1.93 bits per heavy atom. The van der Waals surface area contributed by atoms with Crippen LogP contribution >= 0.6 is 23.2 Å². The molecule has 5 nitrogen and oxygen atoms in total. The largest absolute Gasteiger partial charge is 0.490 e. The second-order valence-electron chi connectivity index (χ2n) is 6.33. The SMILES string of the molecule is OC/C=C/c1ccc(OCC(O)(Cn2ccnc2)c2ccc(Cl)cc2Cl)cc1. The first-order chi connectivity index (χ1) is 13.5. The number of hydrogen-bond donors (Lipinski definition) is 2. The van der Waals surface area contributed by atoms with Crippen LogP contribution in [0.25, 0.3) is 6.08 Å². The topological polar surface area (TPSA) is 67.5 Å². The van der Waals surface area contributed by atoms with Crippen LogP contribution in [0.2, 0.25) is 10.0 Å². The summed E-state index contributed by atoms with van der Waals surface area (Å²) in [6, 6.07) is 12.3. The minimum atomic E-state index is -1.39. The van der Waals surface area contributed by atoms with Crippen molar-refractivity contribution in [2.24, 2.45) is 0 Å². The van der Waals surface area contributed by atoms with Gasteiger partial charge in [0.05, 0.1) is 19.5 Å². The van der Waals surface area contributed by atoms with E-state index >= 15 is 0 Å². The van der Waals surface area contributed by atoms with Crippen LogP contribution in [0.15, 0.2) is 67.3 Å². The fourth-order valence-electron chi connectivity index (χ4n) is 2.82. The molecule has 2 N–H and O–H groups in total. The van der Waals surface area contributed by atoms with Gasteiger partial charge in [-0.1, -0.05) is 53.6 Å². The second kappa shape index (κ2) is 9.26. The molecule has 0 amide bonds. The van der Waals surface area contributed by atoms with Crippen LogP contribution in [-0.2, 0) is 12.1 Å². The number of ether oxygens (including phenoxy) is 1. The molecule has 1 unspecified atom stereocenters. The minimum Gasteiger partial charge on any atom is -0.490 e. The second-order valence-corrected chi connectivity index (χ2v) is 7.18. The molecule has 0 bridgehead atoms. The zero-order valence-electron chi connectivity index (χ0n) is 15.0. The van der Waals surface area contributed by atoms with E-state index in [4.69, 9.17) is 33.0 Å². The van der Waals surface area contributed by atoms with Gasteiger partial charge in [-0.15, -0.1) is 0 Å². The van der Waals surface area contributed by atoms with Gasteiger partial charge >= 0.3 is 0 Å². The highest BCUT2D eigenvalue weighted by Crippen LogP contribution is 2.33. The van der Waals surface area contributed by atoms with Gasteiger partial charge in [0, 0.05) is 28.0 Å². The predicted molar refractivity (Wildman–Crippen MR) is 111 cm³/mol. The molecule has 3 aromatic rings. The summed E-state index contributed by atoms with van der Waals surface area (Å²) >= 11 is 12.4. The Labute approximate surface area is 173 Å². The van der Waals surface area contributed by atoms with Crippen molar-refractivity contribution < 1.29 is 14.9 Å². The Morgan fingerprint density at radius 1 is 1.14 bits per heavy atom. The number of nitrogens with zero attached hydrogens (tertiary/aromatic N) is 2. The maximum absolute atomic E-state index is 11.4. The van der Waals surface area contributed by atoms with Gasteiger partial charge in [-0.05, 0) is 29.8 Å². The maximum atomic E-state index is 11.4. The van der Waals surface area contributed by atoms with Crippen LogP contribution in [0.1, 0.15) is 11.1 Å². The van der Waals surface area contributed by atoms with Crippen molar-refractivity contribution in [3.8, 4) is 5.75 Å². The lowest BCUT2D eigenvalue weighted by Crippen LogP contribution is -2.38. The molecule has 0 aliphatic rings. The molecule has 1 heterocycles. The Balaban J connectivity index is 1.82. The van der Waals surface area contributed by atoms with E-state index in [0.29, 0.717) is 21.4 Å². The zero-order chi connectivity index (χ0) is 20.0. The average molecular weight is 419 g/mol. The number of hydrogen-bond acceptors (Lipinski definition) is 4. The van der Waals surface area contributed by atoms with Gasteiger partial charge in [0.2, 0.25) is 0 Å². The molecule has 0 radical (unpaired) electrons. The third-order valence-corrected chi connectivity index (χ3v) is 4.76. The van der Waals surface area contributed by atoms with Gasteiger partial charge in [-0.2, -0.15) is 0 Å². The molecule has 0 spiro atoms. The van der Waals surface area contributed by atoms with Gasteiger partial charge in [0.15, 0.2) is 0 Å². The van der Waals surface area contributed by atoms with E-state index in [2.05, 4.69) is 4.98 Å². The Kier molecular flexibility index (Phi) is 6.75. The maximum Gasteiger partial charge on any atom is 0.143 e. The van der Waals surface area contributed by atoms with Crippen molar-refractivity contribution in [1.29, 1.82) is 0 Å². The molecule has 0 saturated carbocycles. The van der Waals surface area contributed by atoms with Crippen molar-refractivity contribution >= 4 is 29.3 Å². The normalized spacial score (nSPS) is 13.6. The number of halogens is 2. The van der Waals surface area contributed by atoms with Crippen LogP contribution < -0.4 is 4.74 Å². The summed E-state index contributed by atoms with van der Waals surface area (Å²) in [5.41, 5.74) is 0.0725. The van der Waals surface area contributed by atoms with Crippen LogP contribution in [0, 0.1) is 0 Å². The molecule has 28 heavy (non-hydrogen) atoms. The van der Waals surface area contributed by atoms with Gasteiger partial charge < -0.3 is 19.5 Å². The van der Waals surface area contributed by atoms with E-state index < -0.39 is 5.60 Å². The van der Waals surface area contributed by atoms with Crippen molar-refractivity contribution in [1.82, 2.24) is 9.55 Å². The average Bonchev–Trinajstić information content (AvgIpc) is 3.18. The molecule has 2 aromatic carbocycles. The third kappa shape index (κ3) is 5.14. The molecule has 1 atom stereocenters. The quantitative estimate of drug-likeness (QED) is 0.576. The summed E-state index contributed by atoms with van der Waals surface area (Å²) in [6.07, 6.45) is 8.49. The Bertz CT molecular complexity index is 927. The molecule has 3 rings (SSSR count). The van der Waals surface area contributed by atoms with E-state index in [1.54, 1.807) is 59.7 Å². The summed E-state index contributed by atoms with van der Waals surface area (Å²) in [4.78, 5) is 4.02. The van der Waals surface area contributed by atoms with E-state index in [9.17, 15) is 5.11 Å². The fraction of sp³-hybridized carbons (Fsp3) is 0.190. The van der Waals surface area contributed by atoms with Gasteiger partial charge in [-0.25, -0.2) is 4.98 Å². The van der Waals surface area contributed by atoms with E-state index in [0.717, 1.165) is 5.56 Å². The molecular formula is C21H20Cl2N2O3. The summed E-state index contributed by atoms with van der Waals surface area (Å²) in [6.45, 7) is 0.186. The third-order valence-electron chi connectivity index (χ3n) is 4.21. The Hall–Kier alpha value is -2.31. The van der Waals surface area contributed by atoms with Crippen molar-refractivity contribution in [2.75, 3.05) is 13.2 Å². The van der Waals surface area contributed by atoms with Crippen molar-refractivity contribution in [2.45, 2.75) is 12.1 Å². The van der Waals surface area contributed by atoms with E-state index in [-0.39, 0.29) is 19.8 Å². The molecule has 146 valence electrons. The highest BCUT2D eigenvalue weighted by molar-refractivity contribution is 6.35. The molecule has 1 aromatic heterocycles. The lowest BCUT2D eigenvalue weighted by molar-refractivity contribution is -0.0242. The molecule has 0 aliphatic carbocycles. The monoisotopic (exact) mass is 418 g/mol. The van der Waals surface area contributed by atoms with Gasteiger partial charge in [-0.3, -0.25) is 0 Å². The van der Waals surface area contributed by atoms with E-state index in [1.807, 2.05) is 18.2 Å². The standard InChI is InChI=1S/C21H20Cl2N2O3/c22-17-5-8-19(20(23)12-17)21(27,13-25-10-9-24-15-25)14-28-18-6-3-16(4-7-18)2-1-11-26/h1-10,12,15,26-27H,11,13-14H2/b2-1+. The predicted octanol–water partition coefficient (Wildman–Crippen LogP) is 4.16. The number of aromatic nitrogens is 2. The number of aliphatic hydroxyl groups excluding tert-OH is 1. The molecule has 7 heteroatoms.